The monoisotopic (exact) mass is 778 g/mol. The molecule has 0 saturated carbocycles. The van der Waals surface area contributed by atoms with Crippen molar-refractivity contribution in [3.63, 3.8) is 0 Å². The van der Waals surface area contributed by atoms with E-state index in [1.807, 2.05) is 12.1 Å². The summed E-state index contributed by atoms with van der Waals surface area (Å²) < 4.78 is 8.70. The minimum atomic E-state index is 0.876. The highest BCUT2D eigenvalue weighted by atomic mass is 16.3. The standard InChI is InChI=1S/C58H38N2O/c1-4-15-39(16-5-1)43-30-33-54(51(37-43)40-17-6-2-7-18-40)59(47-32-34-57-52(38-47)49-21-11-13-26-56(49)61-57)46-31-29-41-35-44(28-27-42(41)36-46)48-23-14-25-55-58(48)50-22-10-12-24-53(50)60(55)45-19-8-3-9-20-45/h1-38H. The lowest BCUT2D eigenvalue weighted by atomic mass is 9.95. The van der Waals surface area contributed by atoms with Crippen molar-refractivity contribution >= 4 is 71.6 Å². The van der Waals surface area contributed by atoms with E-state index in [2.05, 4.69) is 228 Å². The van der Waals surface area contributed by atoms with Gasteiger partial charge in [-0.3, -0.25) is 0 Å². The summed E-state index contributed by atoms with van der Waals surface area (Å²) in [5.74, 6) is 0. The van der Waals surface area contributed by atoms with Gasteiger partial charge in [-0.05, 0) is 117 Å². The van der Waals surface area contributed by atoms with Crippen molar-refractivity contribution in [1.82, 2.24) is 4.57 Å². The van der Waals surface area contributed by atoms with Gasteiger partial charge in [0.05, 0.1) is 16.7 Å². The van der Waals surface area contributed by atoms with E-state index in [1.165, 1.54) is 54.8 Å². The largest absolute Gasteiger partial charge is 0.456 e. The first kappa shape index (κ1) is 34.9. The van der Waals surface area contributed by atoms with Crippen molar-refractivity contribution in [2.75, 3.05) is 4.90 Å². The molecule has 0 fully saturated rings. The normalized spacial score (nSPS) is 11.6. The number of rotatable bonds is 7. The lowest BCUT2D eigenvalue weighted by molar-refractivity contribution is 0.669. The smallest absolute Gasteiger partial charge is 0.135 e. The summed E-state index contributed by atoms with van der Waals surface area (Å²) >= 11 is 0. The molecule has 12 rings (SSSR count). The molecule has 3 heteroatoms. The first-order valence-electron chi connectivity index (χ1n) is 20.8. The molecule has 0 spiro atoms. The Balaban J connectivity index is 1.04. The Bertz CT molecular complexity index is 3580. The third kappa shape index (κ3) is 5.90. The third-order valence-electron chi connectivity index (χ3n) is 12.2. The number of aromatic nitrogens is 1. The van der Waals surface area contributed by atoms with E-state index in [9.17, 15) is 0 Å². The highest BCUT2D eigenvalue weighted by Crippen LogP contribution is 2.46. The molecule has 0 amide bonds. The average molecular weight is 779 g/mol. The second kappa shape index (κ2) is 14.3. The Morgan fingerprint density at radius 3 is 1.80 bits per heavy atom. The zero-order valence-electron chi connectivity index (χ0n) is 33.2. The van der Waals surface area contributed by atoms with Gasteiger partial charge >= 0.3 is 0 Å². The zero-order valence-corrected chi connectivity index (χ0v) is 33.2. The molecule has 0 aliphatic rings. The van der Waals surface area contributed by atoms with Crippen LogP contribution in [0.4, 0.5) is 17.1 Å². The molecule has 0 atom stereocenters. The zero-order chi connectivity index (χ0) is 40.3. The molecule has 286 valence electrons. The van der Waals surface area contributed by atoms with E-state index in [0.717, 1.165) is 55.8 Å². The summed E-state index contributed by atoms with van der Waals surface area (Å²) in [5, 5.41) is 7.06. The maximum atomic E-state index is 6.32. The summed E-state index contributed by atoms with van der Waals surface area (Å²) in [6.07, 6.45) is 0. The quantitative estimate of drug-likeness (QED) is 0.161. The van der Waals surface area contributed by atoms with Crippen molar-refractivity contribution < 1.29 is 4.42 Å². The number of benzene rings is 10. The fourth-order valence-corrected chi connectivity index (χ4v) is 9.33. The summed E-state index contributed by atoms with van der Waals surface area (Å²) in [6, 6.07) is 83.0. The van der Waals surface area contributed by atoms with Gasteiger partial charge in [0.1, 0.15) is 11.2 Å². The molecule has 0 saturated heterocycles. The fraction of sp³-hybridized carbons (Fsp3) is 0. The Kier molecular flexibility index (Phi) is 8.17. The van der Waals surface area contributed by atoms with Crippen molar-refractivity contribution in [2.45, 2.75) is 0 Å². The van der Waals surface area contributed by atoms with Gasteiger partial charge in [0.25, 0.3) is 0 Å². The molecular weight excluding hydrogens is 741 g/mol. The molecule has 12 aromatic rings. The Hall–Kier alpha value is -8.14. The van der Waals surface area contributed by atoms with Crippen LogP contribution in [-0.4, -0.2) is 4.57 Å². The molecule has 0 bridgehead atoms. The van der Waals surface area contributed by atoms with Gasteiger partial charge in [0.15, 0.2) is 0 Å². The van der Waals surface area contributed by atoms with Crippen molar-refractivity contribution in [1.29, 1.82) is 0 Å². The molecule has 0 radical (unpaired) electrons. The lowest BCUT2D eigenvalue weighted by Gasteiger charge is -2.29. The van der Waals surface area contributed by atoms with E-state index in [1.54, 1.807) is 0 Å². The second-order valence-electron chi connectivity index (χ2n) is 15.7. The van der Waals surface area contributed by atoms with E-state index < -0.39 is 0 Å². The number of para-hydroxylation sites is 3. The maximum absolute atomic E-state index is 6.32. The molecule has 10 aromatic carbocycles. The van der Waals surface area contributed by atoms with Crippen molar-refractivity contribution in [3.8, 4) is 39.1 Å². The van der Waals surface area contributed by atoms with Crippen LogP contribution in [0.1, 0.15) is 0 Å². The average Bonchev–Trinajstić information content (AvgIpc) is 3.88. The highest BCUT2D eigenvalue weighted by molar-refractivity contribution is 6.16. The first-order chi connectivity index (χ1) is 30.2. The van der Waals surface area contributed by atoms with Crippen molar-refractivity contribution in [2.24, 2.45) is 0 Å². The fourth-order valence-electron chi connectivity index (χ4n) is 9.33. The molecule has 0 unspecified atom stereocenters. The number of fused-ring (bicyclic) bond motifs is 7. The van der Waals surface area contributed by atoms with Crippen LogP contribution in [0.25, 0.3) is 93.6 Å². The molecular formula is C58H38N2O. The van der Waals surface area contributed by atoms with Crippen LogP contribution in [0.5, 0.6) is 0 Å². The SMILES string of the molecule is c1ccc(-c2ccc(N(c3ccc4cc(-c5cccc6c5c5ccccc5n6-c5ccccc5)ccc4c3)c3ccc4oc5ccccc5c4c3)c(-c3ccccc3)c2)cc1. The molecule has 61 heavy (non-hydrogen) atoms. The van der Waals surface area contributed by atoms with E-state index >= 15 is 0 Å². The molecule has 0 aliphatic heterocycles. The van der Waals surface area contributed by atoms with Crippen LogP contribution >= 0.6 is 0 Å². The minimum Gasteiger partial charge on any atom is -0.456 e. The van der Waals surface area contributed by atoms with Gasteiger partial charge in [-0.15, -0.1) is 0 Å². The predicted octanol–water partition coefficient (Wildman–Crippen LogP) is 16.3. The topological polar surface area (TPSA) is 21.3 Å². The minimum absolute atomic E-state index is 0.876. The number of nitrogens with zero attached hydrogens (tertiary/aromatic N) is 2. The van der Waals surface area contributed by atoms with E-state index in [4.69, 9.17) is 4.42 Å². The Morgan fingerprint density at radius 1 is 0.344 bits per heavy atom. The summed E-state index contributed by atoms with van der Waals surface area (Å²) in [4.78, 5) is 2.41. The lowest BCUT2D eigenvalue weighted by Crippen LogP contribution is -2.11. The van der Waals surface area contributed by atoms with Crippen LogP contribution in [0, 0.1) is 0 Å². The van der Waals surface area contributed by atoms with Gasteiger partial charge in [-0.25, -0.2) is 0 Å². The number of hydrogen-bond acceptors (Lipinski definition) is 2. The molecule has 0 N–H and O–H groups in total. The van der Waals surface area contributed by atoms with Crippen molar-refractivity contribution in [3.05, 3.63) is 231 Å². The van der Waals surface area contributed by atoms with Crippen LogP contribution in [0.15, 0.2) is 235 Å². The predicted molar refractivity (Wildman–Crippen MR) is 257 cm³/mol. The van der Waals surface area contributed by atoms with Gasteiger partial charge in [-0.1, -0.05) is 152 Å². The van der Waals surface area contributed by atoms with Gasteiger partial charge in [0, 0.05) is 44.2 Å². The van der Waals surface area contributed by atoms with Gasteiger partial charge in [-0.2, -0.15) is 0 Å². The number of hydrogen-bond donors (Lipinski definition) is 0. The summed E-state index contributed by atoms with van der Waals surface area (Å²) in [5.41, 5.74) is 15.6. The third-order valence-corrected chi connectivity index (χ3v) is 12.2. The van der Waals surface area contributed by atoms with Crippen LogP contribution in [-0.2, 0) is 0 Å². The summed E-state index contributed by atoms with van der Waals surface area (Å²) in [7, 11) is 0. The maximum Gasteiger partial charge on any atom is 0.135 e. The Labute approximate surface area is 353 Å². The highest BCUT2D eigenvalue weighted by Gasteiger charge is 2.21. The van der Waals surface area contributed by atoms with E-state index in [-0.39, 0.29) is 0 Å². The van der Waals surface area contributed by atoms with Crippen LogP contribution < -0.4 is 4.90 Å². The molecule has 2 heterocycles. The molecule has 3 nitrogen and oxygen atoms in total. The molecule has 2 aromatic heterocycles. The first-order valence-corrected chi connectivity index (χ1v) is 20.8. The molecule has 0 aliphatic carbocycles. The summed E-state index contributed by atoms with van der Waals surface area (Å²) in [6.45, 7) is 0. The number of anilines is 3. The van der Waals surface area contributed by atoms with Crippen LogP contribution in [0.3, 0.4) is 0 Å². The van der Waals surface area contributed by atoms with Gasteiger partial charge < -0.3 is 13.9 Å². The number of furan rings is 1. The Morgan fingerprint density at radius 2 is 0.967 bits per heavy atom. The van der Waals surface area contributed by atoms with Gasteiger partial charge in [0.2, 0.25) is 0 Å². The van der Waals surface area contributed by atoms with E-state index in [0.29, 0.717) is 0 Å². The van der Waals surface area contributed by atoms with Crippen LogP contribution in [0.2, 0.25) is 0 Å². The second-order valence-corrected chi connectivity index (χ2v) is 15.7.